The standard InChI is InChI=1S/C13H11Br2FN2/c1-7-5-12(9(15)6-11(7)17)18-13-8(14)3-2-4-10(13)16/h2-6,18H,17H2,1H3. The van der Waals surface area contributed by atoms with Gasteiger partial charge >= 0.3 is 0 Å². The molecule has 2 aromatic carbocycles. The summed E-state index contributed by atoms with van der Waals surface area (Å²) in [6.45, 7) is 1.91. The number of para-hydroxylation sites is 1. The number of rotatable bonds is 2. The summed E-state index contributed by atoms with van der Waals surface area (Å²) in [5, 5.41) is 3.05. The van der Waals surface area contributed by atoms with E-state index in [-0.39, 0.29) is 5.82 Å². The van der Waals surface area contributed by atoms with E-state index in [2.05, 4.69) is 37.2 Å². The first-order valence-corrected chi connectivity index (χ1v) is 6.84. The van der Waals surface area contributed by atoms with Gasteiger partial charge in [0.25, 0.3) is 0 Å². The number of halogens is 3. The summed E-state index contributed by atoms with van der Waals surface area (Å²) < 4.78 is 15.2. The van der Waals surface area contributed by atoms with Crippen molar-refractivity contribution in [2.45, 2.75) is 6.92 Å². The van der Waals surface area contributed by atoms with E-state index in [1.165, 1.54) is 6.07 Å². The predicted octanol–water partition coefficient (Wildman–Crippen LogP) is 4.98. The van der Waals surface area contributed by atoms with Crippen molar-refractivity contribution in [2.24, 2.45) is 0 Å². The molecule has 0 atom stereocenters. The molecular formula is C13H11Br2FN2. The van der Waals surface area contributed by atoms with Crippen molar-refractivity contribution in [1.82, 2.24) is 0 Å². The molecule has 0 aromatic heterocycles. The third kappa shape index (κ3) is 2.67. The molecule has 0 heterocycles. The lowest BCUT2D eigenvalue weighted by Crippen LogP contribution is -1.98. The van der Waals surface area contributed by atoms with E-state index in [1.54, 1.807) is 18.2 Å². The van der Waals surface area contributed by atoms with Crippen LogP contribution in [0.4, 0.5) is 21.5 Å². The molecule has 0 aliphatic heterocycles. The summed E-state index contributed by atoms with van der Waals surface area (Å²) in [4.78, 5) is 0. The summed E-state index contributed by atoms with van der Waals surface area (Å²) in [5.41, 5.74) is 8.61. The molecule has 3 N–H and O–H groups in total. The van der Waals surface area contributed by atoms with Crippen LogP contribution in [0.5, 0.6) is 0 Å². The number of anilines is 3. The Morgan fingerprint density at radius 1 is 1.17 bits per heavy atom. The van der Waals surface area contributed by atoms with Gasteiger partial charge in [0.15, 0.2) is 0 Å². The summed E-state index contributed by atoms with van der Waals surface area (Å²) in [5.74, 6) is -0.314. The molecule has 0 aliphatic rings. The second-order valence-corrected chi connectivity index (χ2v) is 5.62. The molecule has 0 aliphatic carbocycles. The van der Waals surface area contributed by atoms with Crippen molar-refractivity contribution >= 4 is 48.9 Å². The van der Waals surface area contributed by atoms with Crippen LogP contribution in [0.15, 0.2) is 39.3 Å². The normalized spacial score (nSPS) is 10.4. The average molecular weight is 374 g/mol. The lowest BCUT2D eigenvalue weighted by molar-refractivity contribution is 0.631. The molecule has 5 heteroatoms. The van der Waals surface area contributed by atoms with Crippen LogP contribution in [-0.2, 0) is 0 Å². The van der Waals surface area contributed by atoms with Crippen molar-refractivity contribution in [3.63, 3.8) is 0 Å². The molecule has 2 nitrogen and oxygen atoms in total. The van der Waals surface area contributed by atoms with Crippen LogP contribution in [-0.4, -0.2) is 0 Å². The van der Waals surface area contributed by atoms with Gasteiger partial charge in [0, 0.05) is 14.6 Å². The average Bonchev–Trinajstić information content (AvgIpc) is 2.30. The van der Waals surface area contributed by atoms with Crippen LogP contribution in [0.25, 0.3) is 0 Å². The van der Waals surface area contributed by atoms with Gasteiger partial charge in [-0.25, -0.2) is 4.39 Å². The number of hydrogen-bond acceptors (Lipinski definition) is 2. The largest absolute Gasteiger partial charge is 0.398 e. The van der Waals surface area contributed by atoms with E-state index in [1.807, 2.05) is 13.0 Å². The molecule has 0 radical (unpaired) electrons. The molecule has 0 bridgehead atoms. The molecule has 0 saturated heterocycles. The number of benzene rings is 2. The molecule has 0 fully saturated rings. The molecule has 2 rings (SSSR count). The highest BCUT2D eigenvalue weighted by Crippen LogP contribution is 2.34. The molecule has 2 aromatic rings. The predicted molar refractivity (Wildman–Crippen MR) is 80.7 cm³/mol. The second kappa shape index (κ2) is 5.28. The van der Waals surface area contributed by atoms with Gasteiger partial charge in [0.2, 0.25) is 0 Å². The van der Waals surface area contributed by atoms with Crippen LogP contribution in [0.1, 0.15) is 5.56 Å². The Balaban J connectivity index is 2.43. The fourth-order valence-electron chi connectivity index (χ4n) is 1.54. The van der Waals surface area contributed by atoms with Crippen LogP contribution in [0.3, 0.4) is 0 Å². The Labute approximate surface area is 122 Å². The number of aryl methyl sites for hydroxylation is 1. The van der Waals surface area contributed by atoms with Crippen LogP contribution in [0, 0.1) is 12.7 Å². The summed E-state index contributed by atoms with van der Waals surface area (Å²) in [6, 6.07) is 8.51. The van der Waals surface area contributed by atoms with E-state index >= 15 is 0 Å². The second-order valence-electron chi connectivity index (χ2n) is 3.91. The van der Waals surface area contributed by atoms with Crippen molar-refractivity contribution < 1.29 is 4.39 Å². The first kappa shape index (κ1) is 13.4. The first-order chi connectivity index (χ1) is 8.49. The van der Waals surface area contributed by atoms with Crippen molar-refractivity contribution in [2.75, 3.05) is 11.1 Å². The third-order valence-electron chi connectivity index (χ3n) is 2.58. The van der Waals surface area contributed by atoms with Gasteiger partial charge in [-0.1, -0.05) is 6.07 Å². The lowest BCUT2D eigenvalue weighted by atomic mass is 10.2. The number of nitrogen functional groups attached to an aromatic ring is 1. The van der Waals surface area contributed by atoms with Gasteiger partial charge in [-0.3, -0.25) is 0 Å². The number of nitrogens with two attached hydrogens (primary N) is 1. The van der Waals surface area contributed by atoms with Gasteiger partial charge < -0.3 is 11.1 Å². The first-order valence-electron chi connectivity index (χ1n) is 5.25. The summed E-state index contributed by atoms with van der Waals surface area (Å²) >= 11 is 6.73. The van der Waals surface area contributed by atoms with Gasteiger partial charge in [0.05, 0.1) is 11.4 Å². The molecule has 18 heavy (non-hydrogen) atoms. The Morgan fingerprint density at radius 2 is 1.89 bits per heavy atom. The van der Waals surface area contributed by atoms with Gasteiger partial charge in [-0.05, 0) is 68.6 Å². The van der Waals surface area contributed by atoms with Crippen LogP contribution in [0.2, 0.25) is 0 Å². The van der Waals surface area contributed by atoms with E-state index in [0.29, 0.717) is 15.8 Å². The maximum absolute atomic E-state index is 13.7. The highest BCUT2D eigenvalue weighted by atomic mass is 79.9. The van der Waals surface area contributed by atoms with Crippen molar-refractivity contribution in [1.29, 1.82) is 0 Å². The molecule has 0 amide bonds. The quantitative estimate of drug-likeness (QED) is 0.728. The van der Waals surface area contributed by atoms with E-state index in [0.717, 1.165) is 15.7 Å². The minimum atomic E-state index is -0.314. The van der Waals surface area contributed by atoms with E-state index in [9.17, 15) is 4.39 Å². The minimum Gasteiger partial charge on any atom is -0.398 e. The lowest BCUT2D eigenvalue weighted by Gasteiger charge is -2.13. The Morgan fingerprint density at radius 3 is 2.56 bits per heavy atom. The monoisotopic (exact) mass is 372 g/mol. The fourth-order valence-corrected chi connectivity index (χ4v) is 2.45. The topological polar surface area (TPSA) is 38.0 Å². The number of hydrogen-bond donors (Lipinski definition) is 2. The molecule has 94 valence electrons. The van der Waals surface area contributed by atoms with Gasteiger partial charge in [0.1, 0.15) is 5.82 Å². The Bertz CT molecular complexity index is 580. The summed E-state index contributed by atoms with van der Waals surface area (Å²) in [6.07, 6.45) is 0. The van der Waals surface area contributed by atoms with Gasteiger partial charge in [-0.15, -0.1) is 0 Å². The van der Waals surface area contributed by atoms with E-state index in [4.69, 9.17) is 5.73 Å². The minimum absolute atomic E-state index is 0.314. The number of nitrogens with one attached hydrogen (secondary N) is 1. The molecular weight excluding hydrogens is 363 g/mol. The molecule has 0 unspecified atom stereocenters. The SMILES string of the molecule is Cc1cc(Nc2c(F)cccc2Br)c(Br)cc1N. The molecule has 0 spiro atoms. The van der Waals surface area contributed by atoms with E-state index < -0.39 is 0 Å². The summed E-state index contributed by atoms with van der Waals surface area (Å²) in [7, 11) is 0. The molecule has 0 saturated carbocycles. The maximum Gasteiger partial charge on any atom is 0.147 e. The zero-order valence-electron chi connectivity index (χ0n) is 9.60. The van der Waals surface area contributed by atoms with Crippen molar-refractivity contribution in [3.8, 4) is 0 Å². The zero-order valence-corrected chi connectivity index (χ0v) is 12.8. The Kier molecular flexibility index (Phi) is 3.92. The zero-order chi connectivity index (χ0) is 13.3. The van der Waals surface area contributed by atoms with Crippen molar-refractivity contribution in [3.05, 3.63) is 50.7 Å². The van der Waals surface area contributed by atoms with Crippen LogP contribution >= 0.6 is 31.9 Å². The highest BCUT2D eigenvalue weighted by molar-refractivity contribution is 9.11. The highest BCUT2D eigenvalue weighted by Gasteiger charge is 2.09. The smallest absolute Gasteiger partial charge is 0.147 e. The Hall–Kier alpha value is -1.07. The maximum atomic E-state index is 13.7. The third-order valence-corrected chi connectivity index (χ3v) is 3.90. The van der Waals surface area contributed by atoms with Crippen LogP contribution < -0.4 is 11.1 Å². The fraction of sp³-hybridized carbons (Fsp3) is 0.0769. The van der Waals surface area contributed by atoms with Gasteiger partial charge in [-0.2, -0.15) is 0 Å².